The van der Waals surface area contributed by atoms with Gasteiger partial charge in [0.05, 0.1) is 29.2 Å². The number of benzene rings is 2. The van der Waals surface area contributed by atoms with E-state index < -0.39 is 0 Å². The van der Waals surface area contributed by atoms with Crippen LogP contribution in [0.2, 0.25) is 0 Å². The Hall–Kier alpha value is -4.20. The predicted molar refractivity (Wildman–Crippen MR) is 122 cm³/mol. The fourth-order valence-electron chi connectivity index (χ4n) is 3.77. The van der Waals surface area contributed by atoms with E-state index in [2.05, 4.69) is 9.97 Å². The Bertz CT molecular complexity index is 1260. The van der Waals surface area contributed by atoms with Crippen LogP contribution in [0.5, 0.6) is 5.75 Å². The Morgan fingerprint density at radius 2 is 1.61 bits per heavy atom. The van der Waals surface area contributed by atoms with Crippen molar-refractivity contribution in [2.24, 2.45) is 0 Å². The minimum Gasteiger partial charge on any atom is -0.484 e. The molecule has 5 rings (SSSR count). The first-order chi connectivity index (χ1) is 16.2. The van der Waals surface area contributed by atoms with Gasteiger partial charge in [0, 0.05) is 31.7 Å². The van der Waals surface area contributed by atoms with Crippen molar-refractivity contribution in [2.45, 2.75) is 0 Å². The lowest BCUT2D eigenvalue weighted by molar-refractivity contribution is -0.134. The first kappa shape index (κ1) is 20.7. The highest BCUT2D eigenvalue weighted by atomic mass is 16.5. The van der Waals surface area contributed by atoms with Crippen molar-refractivity contribution >= 4 is 22.8 Å². The predicted octanol–water partition coefficient (Wildman–Crippen LogP) is 3.25. The maximum absolute atomic E-state index is 12.6. The summed E-state index contributed by atoms with van der Waals surface area (Å²) in [7, 11) is 0. The molecule has 1 aliphatic heterocycles. The van der Waals surface area contributed by atoms with Crippen molar-refractivity contribution in [1.82, 2.24) is 19.8 Å². The fourth-order valence-corrected chi connectivity index (χ4v) is 3.77. The summed E-state index contributed by atoms with van der Waals surface area (Å²) in [6.07, 6.45) is 3.23. The molecule has 166 valence electrons. The standard InChI is InChI=1S/C25H22N4O4/c30-24(28-11-13-29(14-12-28)25(31)23-6-3-15-32-23)17-33-19-9-7-18(8-10-19)22-16-26-20-4-1-2-5-21(20)27-22/h1-10,15-16H,11-14,17H2. The van der Waals surface area contributed by atoms with Gasteiger partial charge in [0.15, 0.2) is 12.4 Å². The van der Waals surface area contributed by atoms with Crippen molar-refractivity contribution in [3.63, 3.8) is 0 Å². The molecule has 1 saturated heterocycles. The van der Waals surface area contributed by atoms with E-state index in [9.17, 15) is 9.59 Å². The van der Waals surface area contributed by atoms with Crippen molar-refractivity contribution in [3.05, 3.63) is 78.9 Å². The van der Waals surface area contributed by atoms with Crippen LogP contribution in [0.3, 0.4) is 0 Å². The smallest absolute Gasteiger partial charge is 0.289 e. The first-order valence-corrected chi connectivity index (χ1v) is 10.7. The number of rotatable bonds is 5. The third kappa shape index (κ3) is 4.55. The van der Waals surface area contributed by atoms with Gasteiger partial charge in [-0.3, -0.25) is 14.6 Å². The minimum atomic E-state index is -0.153. The second kappa shape index (κ2) is 9.12. The van der Waals surface area contributed by atoms with Crippen LogP contribution in [-0.2, 0) is 4.79 Å². The highest BCUT2D eigenvalue weighted by molar-refractivity contribution is 5.91. The molecule has 3 heterocycles. The maximum atomic E-state index is 12.6. The molecule has 0 aliphatic carbocycles. The van der Waals surface area contributed by atoms with Crippen LogP contribution < -0.4 is 4.74 Å². The van der Waals surface area contributed by atoms with Gasteiger partial charge in [-0.1, -0.05) is 12.1 Å². The normalized spacial score (nSPS) is 13.8. The second-order valence-corrected chi connectivity index (χ2v) is 7.71. The molecule has 1 fully saturated rings. The lowest BCUT2D eigenvalue weighted by Crippen LogP contribution is -2.51. The molecule has 2 aromatic carbocycles. The summed E-state index contributed by atoms with van der Waals surface area (Å²) < 4.78 is 10.9. The summed E-state index contributed by atoms with van der Waals surface area (Å²) in [5.74, 6) is 0.660. The van der Waals surface area contributed by atoms with Crippen LogP contribution in [0.25, 0.3) is 22.3 Å². The molecule has 2 aromatic heterocycles. The SMILES string of the molecule is O=C(COc1ccc(-c2cnc3ccccc3n2)cc1)N1CCN(C(=O)c2ccco2)CC1. The quantitative estimate of drug-likeness (QED) is 0.471. The van der Waals surface area contributed by atoms with Gasteiger partial charge in [0.2, 0.25) is 0 Å². The third-order valence-electron chi connectivity index (χ3n) is 5.61. The van der Waals surface area contributed by atoms with E-state index in [1.165, 1.54) is 6.26 Å². The minimum absolute atomic E-state index is 0.0543. The number of para-hydroxylation sites is 2. The molecule has 0 unspecified atom stereocenters. The van der Waals surface area contributed by atoms with Gasteiger partial charge < -0.3 is 19.0 Å². The Balaban J connectivity index is 1.14. The highest BCUT2D eigenvalue weighted by Gasteiger charge is 2.26. The van der Waals surface area contributed by atoms with Gasteiger partial charge in [-0.15, -0.1) is 0 Å². The molecule has 0 spiro atoms. The van der Waals surface area contributed by atoms with Gasteiger partial charge in [-0.05, 0) is 48.5 Å². The molecule has 4 aromatic rings. The summed E-state index contributed by atoms with van der Waals surface area (Å²) in [4.78, 5) is 37.4. The number of carbonyl (C=O) groups excluding carboxylic acids is 2. The van der Waals surface area contributed by atoms with Crippen LogP contribution in [-0.4, -0.2) is 64.4 Å². The number of fused-ring (bicyclic) bond motifs is 1. The fraction of sp³-hybridized carbons (Fsp3) is 0.200. The molecule has 0 atom stereocenters. The lowest BCUT2D eigenvalue weighted by atomic mass is 10.1. The second-order valence-electron chi connectivity index (χ2n) is 7.71. The van der Waals surface area contributed by atoms with Gasteiger partial charge >= 0.3 is 0 Å². The van der Waals surface area contributed by atoms with Gasteiger partial charge in [-0.2, -0.15) is 0 Å². The maximum Gasteiger partial charge on any atom is 0.289 e. The Kier molecular flexibility index (Phi) is 5.72. The zero-order chi connectivity index (χ0) is 22.6. The molecule has 2 amide bonds. The zero-order valence-electron chi connectivity index (χ0n) is 17.9. The van der Waals surface area contributed by atoms with Crippen LogP contribution in [0.4, 0.5) is 0 Å². The molecule has 33 heavy (non-hydrogen) atoms. The summed E-state index contributed by atoms with van der Waals surface area (Å²) in [6.45, 7) is 1.81. The Morgan fingerprint density at radius 1 is 0.879 bits per heavy atom. The lowest BCUT2D eigenvalue weighted by Gasteiger charge is -2.34. The number of aromatic nitrogens is 2. The number of furan rings is 1. The van der Waals surface area contributed by atoms with Gasteiger partial charge in [0.1, 0.15) is 5.75 Å². The number of hydrogen-bond donors (Lipinski definition) is 0. The van der Waals surface area contributed by atoms with E-state index >= 15 is 0 Å². The zero-order valence-corrected chi connectivity index (χ0v) is 17.9. The molecular weight excluding hydrogens is 420 g/mol. The molecule has 0 N–H and O–H groups in total. The Labute approximate surface area is 190 Å². The van der Waals surface area contributed by atoms with Crippen LogP contribution in [0.1, 0.15) is 10.6 Å². The van der Waals surface area contributed by atoms with Crippen LogP contribution >= 0.6 is 0 Å². The van der Waals surface area contributed by atoms with Crippen molar-refractivity contribution in [1.29, 1.82) is 0 Å². The average molecular weight is 442 g/mol. The first-order valence-electron chi connectivity index (χ1n) is 10.7. The van der Waals surface area contributed by atoms with Crippen LogP contribution in [0, 0.1) is 0 Å². The molecule has 8 heteroatoms. The molecule has 1 aliphatic rings. The highest BCUT2D eigenvalue weighted by Crippen LogP contribution is 2.22. The molecular formula is C25H22N4O4. The van der Waals surface area contributed by atoms with E-state index in [1.54, 1.807) is 28.1 Å². The van der Waals surface area contributed by atoms with Gasteiger partial charge in [-0.25, -0.2) is 4.98 Å². The third-order valence-corrected chi connectivity index (χ3v) is 5.61. The molecule has 8 nitrogen and oxygen atoms in total. The van der Waals surface area contributed by atoms with E-state index in [-0.39, 0.29) is 18.4 Å². The number of nitrogens with zero attached hydrogens (tertiary/aromatic N) is 4. The molecule has 0 saturated carbocycles. The Morgan fingerprint density at radius 3 is 2.33 bits per heavy atom. The van der Waals surface area contributed by atoms with E-state index in [1.807, 2.05) is 48.5 Å². The number of carbonyl (C=O) groups is 2. The largest absolute Gasteiger partial charge is 0.484 e. The van der Waals surface area contributed by atoms with E-state index in [0.29, 0.717) is 37.7 Å². The van der Waals surface area contributed by atoms with E-state index in [4.69, 9.17) is 9.15 Å². The molecule has 0 bridgehead atoms. The monoisotopic (exact) mass is 442 g/mol. The summed E-state index contributed by atoms with van der Waals surface area (Å²) in [5.41, 5.74) is 3.39. The average Bonchev–Trinajstić information content (AvgIpc) is 3.42. The van der Waals surface area contributed by atoms with Crippen LogP contribution in [0.15, 0.2) is 77.5 Å². The summed E-state index contributed by atoms with van der Waals surface area (Å²) in [6, 6.07) is 18.5. The number of ether oxygens (including phenoxy) is 1. The topological polar surface area (TPSA) is 88.8 Å². The van der Waals surface area contributed by atoms with Crippen molar-refractivity contribution in [3.8, 4) is 17.0 Å². The van der Waals surface area contributed by atoms with E-state index in [0.717, 1.165) is 22.3 Å². The summed E-state index contributed by atoms with van der Waals surface area (Å²) in [5, 5.41) is 0. The number of amides is 2. The van der Waals surface area contributed by atoms with Crippen molar-refractivity contribution in [2.75, 3.05) is 32.8 Å². The van der Waals surface area contributed by atoms with Crippen molar-refractivity contribution < 1.29 is 18.7 Å². The number of hydrogen-bond acceptors (Lipinski definition) is 6. The number of piperazine rings is 1. The molecule has 0 radical (unpaired) electrons. The summed E-state index contributed by atoms with van der Waals surface area (Å²) >= 11 is 0. The van der Waals surface area contributed by atoms with Gasteiger partial charge in [0.25, 0.3) is 11.8 Å².